The van der Waals surface area contributed by atoms with Crippen LogP contribution in [0.15, 0.2) is 18.2 Å². The molecule has 7 nitrogen and oxygen atoms in total. The van der Waals surface area contributed by atoms with Crippen LogP contribution in [-0.2, 0) is 9.59 Å². The Hall–Kier alpha value is -2.28. The van der Waals surface area contributed by atoms with E-state index in [-0.39, 0.29) is 5.91 Å². The Morgan fingerprint density at radius 1 is 1.03 bits per heavy atom. The number of hydrogen-bond donors (Lipinski definition) is 1. The first-order valence-corrected chi connectivity index (χ1v) is 12.6. The van der Waals surface area contributed by atoms with Crippen LogP contribution in [-0.4, -0.2) is 67.6 Å². The molecule has 1 aliphatic carbocycles. The van der Waals surface area contributed by atoms with Crippen LogP contribution in [0.2, 0.25) is 0 Å². The maximum atomic E-state index is 13.8. The summed E-state index contributed by atoms with van der Waals surface area (Å²) in [5, 5.41) is 3.10. The molecule has 4 rings (SSSR count). The van der Waals surface area contributed by atoms with Crippen LogP contribution in [0.3, 0.4) is 0 Å². The largest absolute Gasteiger partial charge is 0.497 e. The van der Waals surface area contributed by atoms with E-state index < -0.39 is 5.54 Å². The summed E-state index contributed by atoms with van der Waals surface area (Å²) in [5.74, 6) is 1.58. The van der Waals surface area contributed by atoms with Crippen LogP contribution < -0.4 is 14.8 Å². The Balaban J connectivity index is 1.56. The maximum absolute atomic E-state index is 13.8. The lowest BCUT2D eigenvalue weighted by molar-refractivity contribution is -0.141. The van der Waals surface area contributed by atoms with Crippen LogP contribution in [0.4, 0.5) is 5.69 Å². The fourth-order valence-electron chi connectivity index (χ4n) is 6.27. The Morgan fingerprint density at radius 3 is 2.39 bits per heavy atom. The SMILES string of the molecule is COc1cc(NC(=O)C2(N(C=O)CC3CCCN4CCCC[C@@H]34)CCCCC2)cc(OC)c1. The second-order valence-electron chi connectivity index (χ2n) is 9.91. The molecule has 2 saturated heterocycles. The molecule has 2 amide bonds. The zero-order valence-corrected chi connectivity index (χ0v) is 20.2. The Labute approximate surface area is 197 Å². The molecule has 2 heterocycles. The molecular formula is C26H39N3O4. The standard InChI is InChI=1S/C26H39N3O4/c1-32-22-15-21(16-23(17-22)33-2)27-25(31)26(11-5-3-6-12-26)29(19-30)18-20-9-8-14-28-13-7-4-10-24(20)28/h15-17,19-20,24H,3-14,18H2,1-2H3,(H,27,31)/t20?,24-/m0/s1. The van der Waals surface area contributed by atoms with Gasteiger partial charge in [-0.05, 0) is 57.5 Å². The number of fused-ring (bicyclic) bond motifs is 1. The molecule has 1 saturated carbocycles. The summed E-state index contributed by atoms with van der Waals surface area (Å²) in [4.78, 5) is 30.8. The number of ether oxygens (including phenoxy) is 2. The second-order valence-corrected chi connectivity index (χ2v) is 9.91. The normalized spacial score (nSPS) is 24.9. The van der Waals surface area contributed by atoms with Crippen molar-refractivity contribution in [2.24, 2.45) is 5.92 Å². The molecule has 7 heteroatoms. The Bertz CT molecular complexity index is 800. The molecule has 0 bridgehead atoms. The van der Waals surface area contributed by atoms with Crippen LogP contribution in [0.25, 0.3) is 0 Å². The number of benzene rings is 1. The van der Waals surface area contributed by atoms with Crippen molar-refractivity contribution < 1.29 is 19.1 Å². The predicted octanol–water partition coefficient (Wildman–Crippen LogP) is 4.07. The maximum Gasteiger partial charge on any atom is 0.250 e. The lowest BCUT2D eigenvalue weighted by Gasteiger charge is -2.49. The van der Waals surface area contributed by atoms with Gasteiger partial charge in [-0.25, -0.2) is 0 Å². The van der Waals surface area contributed by atoms with Crippen molar-refractivity contribution in [1.29, 1.82) is 0 Å². The quantitative estimate of drug-likeness (QED) is 0.596. The summed E-state index contributed by atoms with van der Waals surface area (Å²) >= 11 is 0. The van der Waals surface area contributed by atoms with Crippen LogP contribution in [0.1, 0.15) is 64.2 Å². The van der Waals surface area contributed by atoms with E-state index in [1.807, 2.05) is 4.90 Å². The smallest absolute Gasteiger partial charge is 0.250 e. The van der Waals surface area contributed by atoms with Gasteiger partial charge in [-0.15, -0.1) is 0 Å². The zero-order valence-electron chi connectivity index (χ0n) is 20.2. The fourth-order valence-corrected chi connectivity index (χ4v) is 6.27. The van der Waals surface area contributed by atoms with Crippen molar-refractivity contribution in [3.05, 3.63) is 18.2 Å². The first-order chi connectivity index (χ1) is 16.1. The molecule has 3 aliphatic rings. The number of carbonyl (C=O) groups excluding carboxylic acids is 2. The van der Waals surface area contributed by atoms with Crippen molar-refractivity contribution in [3.8, 4) is 11.5 Å². The number of carbonyl (C=O) groups is 2. The van der Waals surface area contributed by atoms with Crippen LogP contribution in [0.5, 0.6) is 11.5 Å². The number of nitrogens with zero attached hydrogens (tertiary/aromatic N) is 2. The van der Waals surface area contributed by atoms with Gasteiger partial charge in [0.15, 0.2) is 0 Å². The summed E-state index contributed by atoms with van der Waals surface area (Å²) in [6.07, 6.45) is 11.4. The third-order valence-corrected chi connectivity index (χ3v) is 8.05. The minimum Gasteiger partial charge on any atom is -0.497 e. The third kappa shape index (κ3) is 5.13. The third-order valence-electron chi connectivity index (χ3n) is 8.05. The van der Waals surface area contributed by atoms with Gasteiger partial charge >= 0.3 is 0 Å². The number of amides is 2. The van der Waals surface area contributed by atoms with Gasteiger partial charge in [0.05, 0.1) is 14.2 Å². The molecule has 1 aromatic carbocycles. The van der Waals surface area contributed by atoms with Crippen LogP contribution >= 0.6 is 0 Å². The summed E-state index contributed by atoms with van der Waals surface area (Å²) in [6.45, 7) is 3.01. The molecule has 0 aromatic heterocycles. The predicted molar refractivity (Wildman–Crippen MR) is 129 cm³/mol. The molecular weight excluding hydrogens is 418 g/mol. The van der Waals surface area contributed by atoms with Gasteiger partial charge in [0.1, 0.15) is 17.0 Å². The Morgan fingerprint density at radius 2 is 1.73 bits per heavy atom. The molecule has 0 spiro atoms. The first kappa shape index (κ1) is 23.9. The van der Waals surface area contributed by atoms with E-state index in [4.69, 9.17) is 9.47 Å². The van der Waals surface area contributed by atoms with Crippen LogP contribution in [0, 0.1) is 5.92 Å². The topological polar surface area (TPSA) is 71.1 Å². The van der Waals surface area contributed by atoms with E-state index in [2.05, 4.69) is 10.2 Å². The van der Waals surface area contributed by atoms with Gasteiger partial charge in [-0.2, -0.15) is 0 Å². The molecule has 2 aliphatic heterocycles. The summed E-state index contributed by atoms with van der Waals surface area (Å²) < 4.78 is 10.7. The number of hydrogen-bond acceptors (Lipinski definition) is 5. The van der Waals surface area contributed by atoms with E-state index in [0.717, 1.165) is 32.1 Å². The first-order valence-electron chi connectivity index (χ1n) is 12.6. The minimum absolute atomic E-state index is 0.0964. The van der Waals surface area contributed by atoms with E-state index in [0.29, 0.717) is 48.5 Å². The highest BCUT2D eigenvalue weighted by Gasteiger charge is 2.46. The molecule has 1 aromatic rings. The van der Waals surface area contributed by atoms with Crippen molar-refractivity contribution in [2.75, 3.05) is 39.2 Å². The van der Waals surface area contributed by atoms with E-state index in [1.165, 1.54) is 38.8 Å². The number of nitrogens with one attached hydrogen (secondary N) is 1. The van der Waals surface area contributed by atoms with Crippen molar-refractivity contribution >= 4 is 18.0 Å². The molecule has 182 valence electrons. The van der Waals surface area contributed by atoms with Crippen molar-refractivity contribution in [2.45, 2.75) is 75.8 Å². The van der Waals surface area contributed by atoms with Gasteiger partial charge in [-0.3, -0.25) is 9.59 Å². The van der Waals surface area contributed by atoms with E-state index in [1.54, 1.807) is 32.4 Å². The molecule has 33 heavy (non-hydrogen) atoms. The van der Waals surface area contributed by atoms with Gasteiger partial charge in [0, 0.05) is 36.5 Å². The molecule has 1 N–H and O–H groups in total. The highest BCUT2D eigenvalue weighted by atomic mass is 16.5. The molecule has 3 fully saturated rings. The number of methoxy groups -OCH3 is 2. The lowest BCUT2D eigenvalue weighted by atomic mass is 9.77. The highest BCUT2D eigenvalue weighted by Crippen LogP contribution is 2.38. The van der Waals surface area contributed by atoms with Crippen molar-refractivity contribution in [3.63, 3.8) is 0 Å². The average molecular weight is 458 g/mol. The zero-order chi connectivity index (χ0) is 23.3. The van der Waals surface area contributed by atoms with Crippen molar-refractivity contribution in [1.82, 2.24) is 9.80 Å². The van der Waals surface area contributed by atoms with E-state index in [9.17, 15) is 9.59 Å². The Kier molecular flexibility index (Phi) is 7.78. The molecule has 1 unspecified atom stereocenters. The average Bonchev–Trinajstić information content (AvgIpc) is 2.87. The number of piperidine rings is 2. The monoisotopic (exact) mass is 457 g/mol. The van der Waals surface area contributed by atoms with Gasteiger partial charge in [-0.1, -0.05) is 25.7 Å². The van der Waals surface area contributed by atoms with Gasteiger partial charge in [0.2, 0.25) is 12.3 Å². The number of rotatable bonds is 8. The van der Waals surface area contributed by atoms with E-state index >= 15 is 0 Å². The van der Waals surface area contributed by atoms with Gasteiger partial charge < -0.3 is 24.6 Å². The second kappa shape index (κ2) is 10.8. The van der Waals surface area contributed by atoms with Gasteiger partial charge in [0.25, 0.3) is 0 Å². The lowest BCUT2D eigenvalue weighted by Crippen LogP contribution is -2.60. The number of anilines is 1. The summed E-state index contributed by atoms with van der Waals surface area (Å²) in [6, 6.07) is 5.91. The summed E-state index contributed by atoms with van der Waals surface area (Å²) in [7, 11) is 3.19. The summed E-state index contributed by atoms with van der Waals surface area (Å²) in [5.41, 5.74) is -0.170. The minimum atomic E-state index is -0.798. The molecule has 2 atom stereocenters. The fraction of sp³-hybridized carbons (Fsp3) is 0.692. The molecule has 0 radical (unpaired) electrons. The highest BCUT2D eigenvalue weighted by molar-refractivity contribution is 5.99.